The van der Waals surface area contributed by atoms with Gasteiger partial charge in [0.2, 0.25) is 5.91 Å². The smallest absolute Gasteiger partial charge is 0.268 e. The first-order valence-electron chi connectivity index (χ1n) is 10.5. The molecule has 2 N–H and O–H groups in total. The van der Waals surface area contributed by atoms with Crippen molar-refractivity contribution in [3.05, 3.63) is 30.0 Å². The number of hydrogen-bond donors (Lipinski definition) is 2. The fourth-order valence-corrected chi connectivity index (χ4v) is 3.90. The second-order valence-electron chi connectivity index (χ2n) is 9.42. The van der Waals surface area contributed by atoms with Crippen LogP contribution in [0.15, 0.2) is 24.3 Å². The molecule has 1 aromatic heterocycles. The van der Waals surface area contributed by atoms with Crippen LogP contribution in [0, 0.1) is 5.41 Å². The Morgan fingerprint density at radius 3 is 2.62 bits per heavy atom. The molecule has 1 unspecified atom stereocenters. The Balaban J connectivity index is 1.78. The highest BCUT2D eigenvalue weighted by Gasteiger charge is 2.30. The van der Waals surface area contributed by atoms with Gasteiger partial charge in [-0.2, -0.15) is 0 Å². The second kappa shape index (κ2) is 8.19. The lowest BCUT2D eigenvalue weighted by Crippen LogP contribution is -2.40. The molecule has 6 heteroatoms. The third-order valence-corrected chi connectivity index (χ3v) is 5.35. The van der Waals surface area contributed by atoms with Crippen LogP contribution in [-0.4, -0.2) is 35.1 Å². The fourth-order valence-electron chi connectivity index (χ4n) is 3.90. The van der Waals surface area contributed by atoms with Gasteiger partial charge in [0.05, 0.1) is 5.60 Å². The number of hydrogen-bond acceptors (Lipinski definition) is 3. The van der Waals surface area contributed by atoms with Crippen LogP contribution in [0.5, 0.6) is 0 Å². The molecular weight excluding hydrogens is 366 g/mol. The largest absolute Gasteiger partial charge is 0.373 e. The molecule has 1 aromatic carbocycles. The molecule has 3 rings (SSSR count). The number of aromatic nitrogens is 1. The van der Waals surface area contributed by atoms with E-state index >= 15 is 0 Å². The lowest BCUT2D eigenvalue weighted by Gasteiger charge is -2.23. The Kier molecular flexibility index (Phi) is 6.03. The van der Waals surface area contributed by atoms with Crippen molar-refractivity contribution in [2.45, 2.75) is 66.0 Å². The van der Waals surface area contributed by atoms with Crippen molar-refractivity contribution in [3.8, 4) is 0 Å². The van der Waals surface area contributed by atoms with Crippen molar-refractivity contribution in [1.82, 2.24) is 9.88 Å². The molecule has 1 atom stereocenters. The normalized spacial score (nSPS) is 19.5. The van der Waals surface area contributed by atoms with Gasteiger partial charge >= 0.3 is 0 Å². The minimum Gasteiger partial charge on any atom is -0.373 e. The summed E-state index contributed by atoms with van der Waals surface area (Å²) < 4.78 is 7.77. The summed E-state index contributed by atoms with van der Waals surface area (Å²) in [7, 11) is 0. The molecule has 0 aliphatic carbocycles. The summed E-state index contributed by atoms with van der Waals surface area (Å²) in [5.74, 6) is -0.104. The Morgan fingerprint density at radius 1 is 1.24 bits per heavy atom. The predicted octanol–water partition coefficient (Wildman–Crippen LogP) is 4.33. The number of aryl methyl sites for hydroxylation is 1. The van der Waals surface area contributed by atoms with E-state index in [1.807, 2.05) is 63.5 Å². The zero-order valence-corrected chi connectivity index (χ0v) is 18.2. The van der Waals surface area contributed by atoms with Crippen LogP contribution < -0.4 is 10.6 Å². The molecule has 6 nitrogen and oxygen atoms in total. The van der Waals surface area contributed by atoms with E-state index in [9.17, 15) is 9.59 Å². The maximum absolute atomic E-state index is 12.9. The quantitative estimate of drug-likeness (QED) is 0.759. The SMILES string of the molecule is CCn1c(C(=O)NCC2(C)CCCO2)cc2cc(NC(=O)CC(C)(C)C)ccc21. The number of carbonyl (C=O) groups is 2. The number of fused-ring (bicyclic) bond motifs is 1. The van der Waals surface area contributed by atoms with Gasteiger partial charge in [-0.3, -0.25) is 9.59 Å². The van der Waals surface area contributed by atoms with Crippen molar-refractivity contribution in [3.63, 3.8) is 0 Å². The fraction of sp³-hybridized carbons (Fsp3) is 0.565. The topological polar surface area (TPSA) is 72.4 Å². The number of anilines is 1. The summed E-state index contributed by atoms with van der Waals surface area (Å²) in [4.78, 5) is 25.1. The van der Waals surface area contributed by atoms with Crippen molar-refractivity contribution in [1.29, 1.82) is 0 Å². The molecule has 29 heavy (non-hydrogen) atoms. The molecule has 2 aromatic rings. The monoisotopic (exact) mass is 399 g/mol. The highest BCUT2D eigenvalue weighted by Crippen LogP contribution is 2.26. The van der Waals surface area contributed by atoms with E-state index < -0.39 is 0 Å². The molecule has 1 aliphatic rings. The van der Waals surface area contributed by atoms with E-state index in [4.69, 9.17) is 4.74 Å². The predicted molar refractivity (Wildman–Crippen MR) is 116 cm³/mol. The van der Waals surface area contributed by atoms with Crippen LogP contribution in [-0.2, 0) is 16.1 Å². The third-order valence-electron chi connectivity index (χ3n) is 5.35. The molecule has 0 spiro atoms. The zero-order valence-electron chi connectivity index (χ0n) is 18.2. The van der Waals surface area contributed by atoms with E-state index in [-0.39, 0.29) is 22.8 Å². The number of rotatable bonds is 6. The average Bonchev–Trinajstić information content (AvgIpc) is 3.21. The van der Waals surface area contributed by atoms with Gasteiger partial charge in [0.1, 0.15) is 5.69 Å². The van der Waals surface area contributed by atoms with Gasteiger partial charge in [-0.1, -0.05) is 20.8 Å². The van der Waals surface area contributed by atoms with E-state index in [1.54, 1.807) is 0 Å². The van der Waals surface area contributed by atoms with Gasteiger partial charge < -0.3 is 19.9 Å². The van der Waals surface area contributed by atoms with Crippen molar-refractivity contribution in [2.24, 2.45) is 5.41 Å². The summed E-state index contributed by atoms with van der Waals surface area (Å²) >= 11 is 0. The third kappa shape index (κ3) is 5.18. The minimum absolute atomic E-state index is 0.00505. The standard InChI is InChI=1S/C23H33N3O3/c1-6-26-18-9-8-17(25-20(27)14-22(2,3)4)12-16(18)13-19(26)21(28)24-15-23(5)10-7-11-29-23/h8-9,12-13H,6-7,10-11,14-15H2,1-5H3,(H,24,28)(H,25,27). The van der Waals surface area contributed by atoms with E-state index in [1.165, 1.54) is 0 Å². The zero-order chi connectivity index (χ0) is 21.2. The number of carbonyl (C=O) groups excluding carboxylic acids is 2. The van der Waals surface area contributed by atoms with Gasteiger partial charge in [0.15, 0.2) is 0 Å². The van der Waals surface area contributed by atoms with Crippen molar-refractivity contribution >= 4 is 28.4 Å². The number of nitrogens with one attached hydrogen (secondary N) is 2. The molecule has 0 bridgehead atoms. The summed E-state index contributed by atoms with van der Waals surface area (Å²) in [6, 6.07) is 7.68. The number of nitrogens with zero attached hydrogens (tertiary/aromatic N) is 1. The molecule has 2 heterocycles. The van der Waals surface area contributed by atoms with Gasteiger partial charge in [-0.05, 0) is 56.4 Å². The first-order chi connectivity index (χ1) is 13.6. The molecule has 0 saturated carbocycles. The molecule has 158 valence electrons. The molecular formula is C23H33N3O3. The Hall–Kier alpha value is -2.34. The van der Waals surface area contributed by atoms with Crippen LogP contribution in [0.3, 0.4) is 0 Å². The van der Waals surface area contributed by atoms with Crippen LogP contribution in [0.25, 0.3) is 10.9 Å². The van der Waals surface area contributed by atoms with Crippen molar-refractivity contribution in [2.75, 3.05) is 18.5 Å². The summed E-state index contributed by atoms with van der Waals surface area (Å²) in [6.45, 7) is 12.1. The van der Waals surface area contributed by atoms with E-state index in [0.29, 0.717) is 25.2 Å². The number of amides is 2. The maximum atomic E-state index is 12.9. The molecule has 1 saturated heterocycles. The first-order valence-corrected chi connectivity index (χ1v) is 10.5. The minimum atomic E-state index is -0.275. The van der Waals surface area contributed by atoms with Crippen molar-refractivity contribution < 1.29 is 14.3 Å². The van der Waals surface area contributed by atoms with Gasteiger partial charge in [0.25, 0.3) is 5.91 Å². The average molecular weight is 400 g/mol. The number of ether oxygens (including phenoxy) is 1. The Morgan fingerprint density at radius 2 is 2.00 bits per heavy atom. The molecule has 1 fully saturated rings. The van der Waals surface area contributed by atoms with E-state index in [0.717, 1.165) is 36.0 Å². The van der Waals surface area contributed by atoms with E-state index in [2.05, 4.69) is 10.6 Å². The van der Waals surface area contributed by atoms with Crippen LogP contribution in [0.1, 0.15) is 64.4 Å². The Labute approximate surface area is 173 Å². The van der Waals surface area contributed by atoms with Crippen LogP contribution in [0.4, 0.5) is 5.69 Å². The van der Waals surface area contributed by atoms with Crippen LogP contribution in [0.2, 0.25) is 0 Å². The van der Waals surface area contributed by atoms with Gasteiger partial charge in [-0.25, -0.2) is 0 Å². The maximum Gasteiger partial charge on any atom is 0.268 e. The molecule has 2 amide bonds. The highest BCUT2D eigenvalue weighted by molar-refractivity contribution is 6.00. The molecule has 1 aliphatic heterocycles. The van der Waals surface area contributed by atoms with Gasteiger partial charge in [-0.15, -0.1) is 0 Å². The van der Waals surface area contributed by atoms with Crippen LogP contribution >= 0.6 is 0 Å². The molecule has 0 radical (unpaired) electrons. The van der Waals surface area contributed by atoms with Gasteiger partial charge in [0, 0.05) is 42.7 Å². The summed E-state index contributed by atoms with van der Waals surface area (Å²) in [5.41, 5.74) is 2.02. The number of benzene rings is 1. The highest BCUT2D eigenvalue weighted by atomic mass is 16.5. The first kappa shape index (κ1) is 21.4. The Bertz CT molecular complexity index is 902. The second-order valence-corrected chi connectivity index (χ2v) is 9.42. The summed E-state index contributed by atoms with van der Waals surface area (Å²) in [6.07, 6.45) is 2.45. The summed E-state index contributed by atoms with van der Waals surface area (Å²) in [5, 5.41) is 6.94. The lowest BCUT2D eigenvalue weighted by atomic mass is 9.92. The lowest BCUT2D eigenvalue weighted by molar-refractivity contribution is -0.117.